The third kappa shape index (κ3) is 2.65. The minimum absolute atomic E-state index is 0.221. The lowest BCUT2D eigenvalue weighted by Crippen LogP contribution is -2.22. The number of hydrogen-bond acceptors (Lipinski definition) is 5. The largest absolute Gasteiger partial charge is 0.393 e. The Labute approximate surface area is 117 Å². The van der Waals surface area contributed by atoms with Crippen LogP contribution in [0.1, 0.15) is 24.6 Å². The number of aliphatic hydroxyl groups is 1. The fraction of sp³-hybridized carbons (Fsp3) is 0.500. The average molecular weight is 273 g/mol. The van der Waals surface area contributed by atoms with Crippen LogP contribution >= 0.6 is 0 Å². The second kappa shape index (κ2) is 5.58. The van der Waals surface area contributed by atoms with Crippen LogP contribution in [-0.2, 0) is 7.05 Å². The van der Waals surface area contributed by atoms with Gasteiger partial charge in [0.15, 0.2) is 0 Å². The number of pyridine rings is 1. The summed E-state index contributed by atoms with van der Waals surface area (Å²) < 4.78 is 1.94. The Bertz CT molecular complexity index is 556. The van der Waals surface area contributed by atoms with Gasteiger partial charge in [0.25, 0.3) is 0 Å². The summed E-state index contributed by atoms with van der Waals surface area (Å²) in [5.74, 6) is 2.32. The van der Waals surface area contributed by atoms with Crippen LogP contribution in [0.2, 0.25) is 0 Å². The molecular formula is C14H19N5O. The molecule has 6 heteroatoms. The zero-order valence-corrected chi connectivity index (χ0v) is 11.5. The Morgan fingerprint density at radius 1 is 1.40 bits per heavy atom. The highest BCUT2D eigenvalue weighted by Gasteiger charge is 2.35. The molecule has 1 aliphatic rings. The quantitative estimate of drug-likeness (QED) is 0.874. The first kappa shape index (κ1) is 13.1. The lowest BCUT2D eigenvalue weighted by molar-refractivity contribution is 0.137. The number of aryl methyl sites for hydroxylation is 1. The summed E-state index contributed by atoms with van der Waals surface area (Å²) in [4.78, 5) is 4.23. The number of aromatic nitrogens is 4. The average Bonchev–Trinajstić information content (AvgIpc) is 3.04. The van der Waals surface area contributed by atoms with Gasteiger partial charge in [0.2, 0.25) is 0 Å². The first-order valence-electron chi connectivity index (χ1n) is 6.91. The monoisotopic (exact) mass is 273 g/mol. The van der Waals surface area contributed by atoms with E-state index in [1.807, 2.05) is 29.8 Å². The molecule has 0 amide bonds. The fourth-order valence-electron chi connectivity index (χ4n) is 2.90. The van der Waals surface area contributed by atoms with Crippen molar-refractivity contribution in [3.05, 3.63) is 36.5 Å². The van der Waals surface area contributed by atoms with Gasteiger partial charge < -0.3 is 15.0 Å². The number of hydrogen-bond donors (Lipinski definition) is 2. The summed E-state index contributed by atoms with van der Waals surface area (Å²) in [6, 6.07) is 5.77. The molecule has 2 aromatic rings. The fourth-order valence-corrected chi connectivity index (χ4v) is 2.90. The van der Waals surface area contributed by atoms with Gasteiger partial charge in [-0.15, -0.1) is 10.2 Å². The number of aliphatic hydroxyl groups excluding tert-OH is 1. The smallest absolute Gasteiger partial charge is 0.135 e. The highest BCUT2D eigenvalue weighted by molar-refractivity contribution is 5.33. The van der Waals surface area contributed by atoms with Crippen LogP contribution < -0.4 is 5.32 Å². The summed E-state index contributed by atoms with van der Waals surface area (Å²) >= 11 is 0. The molecule has 0 unspecified atom stereocenters. The minimum Gasteiger partial charge on any atom is -0.393 e. The van der Waals surface area contributed by atoms with Gasteiger partial charge in [-0.1, -0.05) is 6.07 Å². The van der Waals surface area contributed by atoms with Gasteiger partial charge in [-0.3, -0.25) is 0 Å². The van der Waals surface area contributed by atoms with E-state index < -0.39 is 0 Å². The van der Waals surface area contributed by atoms with Crippen LogP contribution in [0.5, 0.6) is 0 Å². The second-order valence-electron chi connectivity index (χ2n) is 5.39. The molecule has 0 spiro atoms. The molecule has 3 atom stereocenters. The van der Waals surface area contributed by atoms with Gasteiger partial charge >= 0.3 is 0 Å². The first-order chi connectivity index (χ1) is 9.74. The zero-order valence-electron chi connectivity index (χ0n) is 11.5. The van der Waals surface area contributed by atoms with Gasteiger partial charge in [0.05, 0.1) is 6.10 Å². The Balaban J connectivity index is 1.60. The molecule has 0 saturated heterocycles. The lowest BCUT2D eigenvalue weighted by Gasteiger charge is -2.15. The molecule has 0 radical (unpaired) electrons. The Kier molecular flexibility index (Phi) is 3.64. The van der Waals surface area contributed by atoms with E-state index >= 15 is 0 Å². The van der Waals surface area contributed by atoms with Crippen molar-refractivity contribution in [2.75, 3.05) is 11.9 Å². The van der Waals surface area contributed by atoms with Crippen LogP contribution in [0.15, 0.2) is 30.7 Å². The first-order valence-corrected chi connectivity index (χ1v) is 6.91. The van der Waals surface area contributed by atoms with Gasteiger partial charge in [-0.05, 0) is 25.0 Å². The Morgan fingerprint density at radius 3 is 3.00 bits per heavy atom. The summed E-state index contributed by atoms with van der Waals surface area (Å²) in [7, 11) is 1.95. The second-order valence-corrected chi connectivity index (χ2v) is 5.39. The molecule has 0 aliphatic heterocycles. The number of anilines is 1. The van der Waals surface area contributed by atoms with Crippen molar-refractivity contribution in [3.8, 4) is 0 Å². The highest BCUT2D eigenvalue weighted by atomic mass is 16.3. The predicted octanol–water partition coefficient (Wildman–Crippen LogP) is 1.18. The van der Waals surface area contributed by atoms with Crippen LogP contribution in [0.25, 0.3) is 0 Å². The van der Waals surface area contributed by atoms with Gasteiger partial charge in [0.1, 0.15) is 18.0 Å². The summed E-state index contributed by atoms with van der Waals surface area (Å²) in [6.45, 7) is 0.729. The van der Waals surface area contributed by atoms with E-state index in [1.54, 1.807) is 12.5 Å². The number of rotatable bonds is 4. The third-order valence-corrected chi connectivity index (χ3v) is 3.98. The summed E-state index contributed by atoms with van der Waals surface area (Å²) in [6.07, 6.45) is 4.85. The molecule has 3 rings (SSSR count). The Morgan fingerprint density at radius 2 is 2.30 bits per heavy atom. The molecular weight excluding hydrogens is 254 g/mol. The summed E-state index contributed by atoms with van der Waals surface area (Å²) in [5, 5.41) is 21.6. The maximum atomic E-state index is 10.2. The lowest BCUT2D eigenvalue weighted by atomic mass is 10.0. The molecule has 1 saturated carbocycles. The van der Waals surface area contributed by atoms with Gasteiger partial charge in [0, 0.05) is 31.6 Å². The van der Waals surface area contributed by atoms with Crippen LogP contribution in [0.3, 0.4) is 0 Å². The van der Waals surface area contributed by atoms with Crippen molar-refractivity contribution < 1.29 is 5.11 Å². The predicted molar refractivity (Wildman–Crippen MR) is 75.2 cm³/mol. The molecule has 1 fully saturated rings. The SMILES string of the molecule is Cn1cnnc1[C@H]1C[C@H](CNc2ccccn2)[C@H](O)C1. The van der Waals surface area contributed by atoms with Crippen LogP contribution in [0, 0.1) is 5.92 Å². The normalized spacial score (nSPS) is 25.8. The van der Waals surface area contributed by atoms with Crippen LogP contribution in [0.4, 0.5) is 5.82 Å². The maximum Gasteiger partial charge on any atom is 0.135 e. The van der Waals surface area contributed by atoms with Crippen LogP contribution in [-0.4, -0.2) is 37.5 Å². The molecule has 0 bridgehead atoms. The molecule has 6 nitrogen and oxygen atoms in total. The van der Waals surface area contributed by atoms with Crippen molar-refractivity contribution in [3.63, 3.8) is 0 Å². The van der Waals surface area contributed by atoms with Crippen molar-refractivity contribution in [1.29, 1.82) is 0 Å². The van der Waals surface area contributed by atoms with Crippen molar-refractivity contribution in [2.24, 2.45) is 13.0 Å². The van der Waals surface area contributed by atoms with E-state index in [4.69, 9.17) is 0 Å². The van der Waals surface area contributed by atoms with Crippen molar-refractivity contribution >= 4 is 5.82 Å². The third-order valence-electron chi connectivity index (χ3n) is 3.98. The molecule has 20 heavy (non-hydrogen) atoms. The minimum atomic E-state index is -0.298. The standard InChI is InChI=1S/C14H19N5O/c1-19-9-17-18-14(19)10-6-11(12(20)7-10)8-16-13-4-2-3-5-15-13/h2-5,9-12,20H,6-8H2,1H3,(H,15,16)/t10-,11+,12+/m0/s1. The molecule has 0 aromatic carbocycles. The van der Waals surface area contributed by atoms with E-state index in [2.05, 4.69) is 20.5 Å². The zero-order chi connectivity index (χ0) is 13.9. The number of nitrogens with one attached hydrogen (secondary N) is 1. The molecule has 106 valence electrons. The van der Waals surface area contributed by atoms with E-state index in [0.29, 0.717) is 0 Å². The van der Waals surface area contributed by atoms with E-state index in [-0.39, 0.29) is 17.9 Å². The Hall–Kier alpha value is -1.95. The molecule has 1 aliphatic carbocycles. The van der Waals surface area contributed by atoms with Crippen molar-refractivity contribution in [2.45, 2.75) is 24.9 Å². The van der Waals surface area contributed by atoms with Gasteiger partial charge in [-0.25, -0.2) is 4.98 Å². The van der Waals surface area contributed by atoms with E-state index in [9.17, 15) is 5.11 Å². The number of nitrogens with zero attached hydrogens (tertiary/aromatic N) is 4. The topological polar surface area (TPSA) is 75.9 Å². The highest BCUT2D eigenvalue weighted by Crippen LogP contribution is 2.37. The van der Waals surface area contributed by atoms with E-state index in [0.717, 1.165) is 31.0 Å². The molecule has 2 heterocycles. The summed E-state index contributed by atoms with van der Waals surface area (Å²) in [5.41, 5.74) is 0. The van der Waals surface area contributed by atoms with E-state index in [1.165, 1.54) is 0 Å². The van der Waals surface area contributed by atoms with Crippen molar-refractivity contribution in [1.82, 2.24) is 19.7 Å². The maximum absolute atomic E-state index is 10.2. The molecule has 2 aromatic heterocycles. The molecule has 2 N–H and O–H groups in total. The van der Waals surface area contributed by atoms with Gasteiger partial charge in [-0.2, -0.15) is 0 Å².